The summed E-state index contributed by atoms with van der Waals surface area (Å²) in [6, 6.07) is 15.0. The Morgan fingerprint density at radius 2 is 1.68 bits per heavy atom. The Balaban J connectivity index is 1.86. The van der Waals surface area contributed by atoms with Gasteiger partial charge in [0, 0.05) is 23.1 Å². The van der Waals surface area contributed by atoms with E-state index in [0.29, 0.717) is 21.0 Å². The number of carbonyl (C=O) groups excluding carboxylic acids is 1. The molecule has 0 aliphatic rings. The number of amides is 1. The number of nitrogens with two attached hydrogens (primary N) is 1. The second-order valence-electron chi connectivity index (χ2n) is 8.48. The van der Waals surface area contributed by atoms with Gasteiger partial charge in [0.15, 0.2) is 15.8 Å². The van der Waals surface area contributed by atoms with Crippen molar-refractivity contribution < 1.29 is 23.1 Å². The van der Waals surface area contributed by atoms with E-state index in [1.54, 1.807) is 30.3 Å². The number of guanidine groups is 1. The molecule has 0 unspecified atom stereocenters. The Morgan fingerprint density at radius 3 is 2.32 bits per heavy atom. The van der Waals surface area contributed by atoms with E-state index >= 15 is 0 Å². The maximum Gasteiger partial charge on any atom is 0.328 e. The van der Waals surface area contributed by atoms with Crippen LogP contribution in [0.1, 0.15) is 18.4 Å². The third kappa shape index (κ3) is 8.06. The van der Waals surface area contributed by atoms with Crippen molar-refractivity contribution in [1.82, 2.24) is 15.8 Å². The monoisotopic (exact) mass is 579 g/mol. The number of rotatable bonds is 12. The highest BCUT2D eigenvalue weighted by molar-refractivity contribution is 7.92. The second-order valence-corrected chi connectivity index (χ2v) is 11.3. The van der Waals surface area contributed by atoms with Gasteiger partial charge < -0.3 is 16.2 Å². The van der Waals surface area contributed by atoms with Gasteiger partial charge in [0.25, 0.3) is 5.91 Å². The van der Waals surface area contributed by atoms with Gasteiger partial charge in [-0.2, -0.15) is 0 Å². The van der Waals surface area contributed by atoms with E-state index in [0.717, 1.165) is 10.4 Å². The lowest BCUT2D eigenvalue weighted by molar-refractivity contribution is -0.152. The van der Waals surface area contributed by atoms with Crippen molar-refractivity contribution in [2.24, 2.45) is 5.73 Å². The van der Waals surface area contributed by atoms with Gasteiger partial charge in [0.1, 0.15) is 11.8 Å². The van der Waals surface area contributed by atoms with Gasteiger partial charge >= 0.3 is 5.97 Å². The molecule has 38 heavy (non-hydrogen) atoms. The number of hydrogen-bond acceptors (Lipinski definition) is 6. The summed E-state index contributed by atoms with van der Waals surface area (Å²) in [5.74, 6) is -3.51. The largest absolute Gasteiger partial charge is 0.480 e. The zero-order valence-corrected chi connectivity index (χ0v) is 22.5. The number of aliphatic carboxylic acids is 1. The van der Waals surface area contributed by atoms with Crippen LogP contribution in [0.3, 0.4) is 0 Å². The quantitative estimate of drug-likeness (QED) is 0.0943. The number of fused-ring (bicyclic) bond motifs is 1. The Labute approximate surface area is 230 Å². The second kappa shape index (κ2) is 12.9. The van der Waals surface area contributed by atoms with E-state index in [9.17, 15) is 23.1 Å². The number of hydrogen-bond donors (Lipinski definition) is 5. The Bertz CT molecular complexity index is 1430. The van der Waals surface area contributed by atoms with E-state index in [-0.39, 0.29) is 36.8 Å². The molecule has 0 spiro atoms. The Kier molecular flexibility index (Phi) is 9.92. The number of sulfone groups is 1. The molecule has 0 bridgehead atoms. The van der Waals surface area contributed by atoms with Gasteiger partial charge in [-0.1, -0.05) is 53.5 Å². The predicted molar refractivity (Wildman–Crippen MR) is 147 cm³/mol. The molecule has 3 aromatic carbocycles. The number of nitrogens with one attached hydrogen (secondary N) is 3. The minimum absolute atomic E-state index is 0.0410. The van der Waals surface area contributed by atoms with Crippen molar-refractivity contribution in [3.8, 4) is 0 Å². The SMILES string of the molecule is N=C(N)NCCC[C@@H](C(=O)O)N(NCc1cc(Cl)cc(Cl)c1)C(=O)CS(=O)(=O)c1ccc2ccccc2c1. The first kappa shape index (κ1) is 29.2. The fraction of sp³-hybridized carbons (Fsp3) is 0.240. The summed E-state index contributed by atoms with van der Waals surface area (Å²) >= 11 is 12.1. The molecule has 0 aromatic heterocycles. The highest BCUT2D eigenvalue weighted by atomic mass is 35.5. The van der Waals surface area contributed by atoms with E-state index in [2.05, 4.69) is 10.7 Å². The fourth-order valence-corrected chi connectivity index (χ4v) is 5.60. The third-order valence-corrected chi connectivity index (χ3v) is 7.64. The molecular formula is C25H27Cl2N5O5S. The van der Waals surface area contributed by atoms with Crippen molar-refractivity contribution in [1.29, 1.82) is 5.41 Å². The van der Waals surface area contributed by atoms with Gasteiger partial charge in [-0.05, 0) is 59.5 Å². The number of carboxylic acids is 1. The van der Waals surface area contributed by atoms with Crippen LogP contribution in [0, 0.1) is 5.41 Å². The Morgan fingerprint density at radius 1 is 1.03 bits per heavy atom. The number of carbonyl (C=O) groups is 2. The molecule has 0 heterocycles. The summed E-state index contributed by atoms with van der Waals surface area (Å²) in [7, 11) is -4.11. The molecular weight excluding hydrogens is 553 g/mol. The first-order valence-electron chi connectivity index (χ1n) is 11.5. The first-order chi connectivity index (χ1) is 18.0. The first-order valence-corrected chi connectivity index (χ1v) is 13.9. The highest BCUT2D eigenvalue weighted by Crippen LogP contribution is 2.22. The smallest absolute Gasteiger partial charge is 0.328 e. The van der Waals surface area contributed by atoms with Crippen LogP contribution >= 0.6 is 23.2 Å². The number of nitrogens with zero attached hydrogens (tertiary/aromatic N) is 1. The van der Waals surface area contributed by atoms with Crippen LogP contribution in [0.5, 0.6) is 0 Å². The van der Waals surface area contributed by atoms with Crippen LogP contribution in [0.2, 0.25) is 10.0 Å². The highest BCUT2D eigenvalue weighted by Gasteiger charge is 2.32. The van der Waals surface area contributed by atoms with E-state index in [4.69, 9.17) is 34.3 Å². The molecule has 3 rings (SSSR count). The van der Waals surface area contributed by atoms with E-state index in [1.165, 1.54) is 18.2 Å². The summed E-state index contributed by atoms with van der Waals surface area (Å²) in [6.45, 7) is 0.151. The zero-order valence-electron chi connectivity index (χ0n) is 20.2. The third-order valence-electron chi connectivity index (χ3n) is 5.60. The molecule has 1 amide bonds. The van der Waals surface area contributed by atoms with Crippen LogP contribution < -0.4 is 16.5 Å². The molecule has 202 valence electrons. The van der Waals surface area contributed by atoms with Crippen LogP contribution in [0.15, 0.2) is 65.6 Å². The van der Waals surface area contributed by atoms with E-state index < -0.39 is 33.5 Å². The predicted octanol–water partition coefficient (Wildman–Crippen LogP) is 3.17. The zero-order chi connectivity index (χ0) is 27.9. The van der Waals surface area contributed by atoms with Gasteiger partial charge in [0.05, 0.1) is 4.90 Å². The molecule has 10 nitrogen and oxygen atoms in total. The Hall–Kier alpha value is -3.38. The van der Waals surface area contributed by atoms with Crippen LogP contribution in [-0.4, -0.2) is 54.7 Å². The fourth-order valence-electron chi connectivity index (χ4n) is 3.82. The summed E-state index contributed by atoms with van der Waals surface area (Å²) in [6.07, 6.45) is 0.198. The molecule has 0 saturated heterocycles. The lowest BCUT2D eigenvalue weighted by Gasteiger charge is -2.30. The summed E-state index contributed by atoms with van der Waals surface area (Å²) < 4.78 is 26.4. The molecule has 0 fully saturated rings. The number of halogens is 2. The van der Waals surface area contributed by atoms with Crippen LogP contribution in [0.25, 0.3) is 10.8 Å². The summed E-state index contributed by atoms with van der Waals surface area (Å²) in [5.41, 5.74) is 8.58. The van der Waals surface area contributed by atoms with Gasteiger partial charge in [-0.25, -0.2) is 18.6 Å². The average Bonchev–Trinajstić information content (AvgIpc) is 2.83. The minimum atomic E-state index is -4.11. The van der Waals surface area contributed by atoms with Gasteiger partial charge in [-0.15, -0.1) is 0 Å². The van der Waals surface area contributed by atoms with Crippen molar-refractivity contribution in [2.75, 3.05) is 12.3 Å². The maximum absolute atomic E-state index is 13.3. The van der Waals surface area contributed by atoms with Crippen molar-refractivity contribution in [2.45, 2.75) is 30.3 Å². The van der Waals surface area contributed by atoms with Crippen molar-refractivity contribution in [3.63, 3.8) is 0 Å². The average molecular weight is 580 g/mol. The van der Waals surface area contributed by atoms with Gasteiger partial charge in [0.2, 0.25) is 0 Å². The number of benzene rings is 3. The van der Waals surface area contributed by atoms with Crippen molar-refractivity contribution >= 4 is 61.6 Å². The normalized spacial score (nSPS) is 12.2. The topological polar surface area (TPSA) is 166 Å². The summed E-state index contributed by atoms with van der Waals surface area (Å²) in [4.78, 5) is 25.4. The van der Waals surface area contributed by atoms with Gasteiger partial charge in [-0.3, -0.25) is 15.2 Å². The van der Waals surface area contributed by atoms with E-state index in [1.807, 2.05) is 12.1 Å². The molecule has 6 N–H and O–H groups in total. The van der Waals surface area contributed by atoms with Crippen LogP contribution in [-0.2, 0) is 26.0 Å². The molecule has 0 aliphatic carbocycles. The molecule has 0 aliphatic heterocycles. The standard InChI is InChI=1S/C25H27Cl2N5O5S/c26-19-10-16(11-20(27)13-19)14-31-32(22(24(34)35)6-3-9-30-25(28)29)23(33)15-38(36,37)21-8-7-17-4-1-2-5-18(17)12-21/h1-2,4-5,7-8,10-13,22,31H,3,6,9,14-15H2,(H,34,35)(H4,28,29,30)/t22-/m0/s1. The lowest BCUT2D eigenvalue weighted by Crippen LogP contribution is -2.54. The molecule has 3 aromatic rings. The molecule has 0 radical (unpaired) electrons. The minimum Gasteiger partial charge on any atom is -0.480 e. The van der Waals surface area contributed by atoms with Crippen molar-refractivity contribution in [3.05, 3.63) is 76.3 Å². The maximum atomic E-state index is 13.3. The molecule has 0 saturated carbocycles. The number of hydrazine groups is 1. The van der Waals surface area contributed by atoms with Crippen LogP contribution in [0.4, 0.5) is 0 Å². The summed E-state index contributed by atoms with van der Waals surface area (Å²) in [5, 5.41) is 22.7. The number of carboxylic acid groups (broad SMARTS) is 1. The molecule has 13 heteroatoms. The molecule has 1 atom stereocenters. The lowest BCUT2D eigenvalue weighted by atomic mass is 10.1.